The Morgan fingerprint density at radius 1 is 1.60 bits per heavy atom. The fourth-order valence-electron chi connectivity index (χ4n) is 1.31. The van der Waals surface area contributed by atoms with Crippen LogP contribution in [0.15, 0.2) is 16.6 Å². The van der Waals surface area contributed by atoms with Gasteiger partial charge < -0.3 is 15.9 Å². The molecular weight excluding hydrogens is 262 g/mol. The molecule has 0 fully saturated rings. The SMILES string of the molecule is CC[C@H](N)c1c(Br)ccc(C(=O)O)c1O. The van der Waals surface area contributed by atoms with Gasteiger partial charge in [0.25, 0.3) is 0 Å². The molecule has 0 heterocycles. The summed E-state index contributed by atoms with van der Waals surface area (Å²) in [6.07, 6.45) is 0.620. The zero-order chi connectivity index (χ0) is 11.6. The average molecular weight is 274 g/mol. The van der Waals surface area contributed by atoms with Crippen LogP contribution in [-0.2, 0) is 0 Å². The predicted octanol–water partition coefficient (Wildman–Crippen LogP) is 2.26. The summed E-state index contributed by atoms with van der Waals surface area (Å²) in [5.41, 5.74) is 6.10. The molecule has 0 amide bonds. The van der Waals surface area contributed by atoms with Crippen molar-refractivity contribution in [1.29, 1.82) is 0 Å². The van der Waals surface area contributed by atoms with E-state index in [4.69, 9.17) is 10.8 Å². The van der Waals surface area contributed by atoms with Crippen LogP contribution in [0.1, 0.15) is 35.3 Å². The highest BCUT2D eigenvalue weighted by atomic mass is 79.9. The van der Waals surface area contributed by atoms with E-state index in [-0.39, 0.29) is 17.4 Å². The van der Waals surface area contributed by atoms with Crippen LogP contribution in [0, 0.1) is 0 Å². The molecule has 0 spiro atoms. The van der Waals surface area contributed by atoms with Crippen LogP contribution < -0.4 is 5.73 Å². The van der Waals surface area contributed by atoms with Gasteiger partial charge >= 0.3 is 5.97 Å². The molecule has 15 heavy (non-hydrogen) atoms. The first-order chi connectivity index (χ1) is 6.99. The molecule has 1 rings (SSSR count). The molecule has 0 aliphatic heterocycles. The number of aromatic hydroxyl groups is 1. The Morgan fingerprint density at radius 3 is 2.67 bits per heavy atom. The maximum Gasteiger partial charge on any atom is 0.339 e. The molecule has 0 unspecified atom stereocenters. The third-order valence-electron chi connectivity index (χ3n) is 2.20. The number of hydrogen-bond acceptors (Lipinski definition) is 3. The first-order valence-electron chi connectivity index (χ1n) is 4.49. The molecule has 82 valence electrons. The zero-order valence-electron chi connectivity index (χ0n) is 8.20. The molecule has 4 nitrogen and oxygen atoms in total. The fourth-order valence-corrected chi connectivity index (χ4v) is 1.93. The number of rotatable bonds is 3. The summed E-state index contributed by atoms with van der Waals surface area (Å²) in [6, 6.07) is 2.54. The second-order valence-corrected chi connectivity index (χ2v) is 4.03. The molecule has 0 bridgehead atoms. The van der Waals surface area contributed by atoms with Gasteiger partial charge in [0.15, 0.2) is 0 Å². The molecule has 1 aromatic carbocycles. The average Bonchev–Trinajstić information content (AvgIpc) is 2.16. The van der Waals surface area contributed by atoms with Crippen LogP contribution >= 0.6 is 15.9 Å². The molecule has 0 aliphatic rings. The van der Waals surface area contributed by atoms with Crippen LogP contribution in [0.3, 0.4) is 0 Å². The Kier molecular flexibility index (Phi) is 3.71. The van der Waals surface area contributed by atoms with Crippen molar-refractivity contribution in [1.82, 2.24) is 0 Å². The first-order valence-corrected chi connectivity index (χ1v) is 5.28. The van der Waals surface area contributed by atoms with Gasteiger partial charge in [-0.3, -0.25) is 0 Å². The molecule has 0 radical (unpaired) electrons. The summed E-state index contributed by atoms with van der Waals surface area (Å²) in [6.45, 7) is 1.87. The number of carboxylic acid groups (broad SMARTS) is 1. The van der Waals surface area contributed by atoms with E-state index in [9.17, 15) is 9.90 Å². The van der Waals surface area contributed by atoms with E-state index in [1.165, 1.54) is 6.07 Å². The normalized spacial score (nSPS) is 12.5. The van der Waals surface area contributed by atoms with Crippen LogP contribution in [0.4, 0.5) is 0 Å². The Balaban J connectivity index is 3.36. The smallest absolute Gasteiger partial charge is 0.339 e. The summed E-state index contributed by atoms with van der Waals surface area (Å²) in [7, 11) is 0. The zero-order valence-corrected chi connectivity index (χ0v) is 9.78. The molecule has 4 N–H and O–H groups in total. The van der Waals surface area contributed by atoms with Gasteiger partial charge in [0, 0.05) is 16.1 Å². The van der Waals surface area contributed by atoms with Gasteiger partial charge in [0.05, 0.1) is 0 Å². The standard InChI is InChI=1S/C10H12BrNO3/c1-2-7(12)8-6(11)4-3-5(9(8)13)10(14)15/h3-4,7,13H,2,12H2,1H3,(H,14,15)/t7-/m0/s1. The number of hydrogen-bond donors (Lipinski definition) is 3. The summed E-state index contributed by atoms with van der Waals surface area (Å²) in [4.78, 5) is 10.8. The molecular formula is C10H12BrNO3. The van der Waals surface area contributed by atoms with Gasteiger partial charge in [-0.05, 0) is 18.6 Å². The Bertz CT molecular complexity index is 392. The van der Waals surface area contributed by atoms with Crippen LogP contribution in [0.2, 0.25) is 0 Å². The van der Waals surface area contributed by atoms with Crippen molar-refractivity contribution in [3.05, 3.63) is 27.7 Å². The third-order valence-corrected chi connectivity index (χ3v) is 2.90. The quantitative estimate of drug-likeness (QED) is 0.789. The number of phenols is 1. The number of nitrogens with two attached hydrogens (primary N) is 1. The van der Waals surface area contributed by atoms with Gasteiger partial charge in [-0.2, -0.15) is 0 Å². The molecule has 0 saturated heterocycles. The largest absolute Gasteiger partial charge is 0.507 e. The Labute approximate surface area is 95.8 Å². The van der Waals surface area contributed by atoms with Crippen molar-refractivity contribution in [2.24, 2.45) is 5.73 Å². The van der Waals surface area contributed by atoms with E-state index in [0.717, 1.165) is 0 Å². The van der Waals surface area contributed by atoms with Crippen molar-refractivity contribution in [3.8, 4) is 5.75 Å². The number of benzene rings is 1. The molecule has 0 aromatic heterocycles. The lowest BCUT2D eigenvalue weighted by Gasteiger charge is -2.14. The van der Waals surface area contributed by atoms with Crippen molar-refractivity contribution in [2.75, 3.05) is 0 Å². The number of carboxylic acids is 1. The molecule has 1 aromatic rings. The van der Waals surface area contributed by atoms with Gasteiger partial charge in [-0.15, -0.1) is 0 Å². The van der Waals surface area contributed by atoms with E-state index in [2.05, 4.69) is 15.9 Å². The highest BCUT2D eigenvalue weighted by Crippen LogP contribution is 2.34. The van der Waals surface area contributed by atoms with E-state index >= 15 is 0 Å². The van der Waals surface area contributed by atoms with E-state index in [1.54, 1.807) is 6.07 Å². The minimum Gasteiger partial charge on any atom is -0.507 e. The molecule has 1 atom stereocenters. The highest BCUT2D eigenvalue weighted by Gasteiger charge is 2.19. The van der Waals surface area contributed by atoms with Crippen molar-refractivity contribution < 1.29 is 15.0 Å². The number of carbonyl (C=O) groups is 1. The van der Waals surface area contributed by atoms with E-state index < -0.39 is 5.97 Å². The molecule has 0 saturated carbocycles. The van der Waals surface area contributed by atoms with Gasteiger partial charge in [-0.25, -0.2) is 4.79 Å². The summed E-state index contributed by atoms with van der Waals surface area (Å²) >= 11 is 3.24. The van der Waals surface area contributed by atoms with Crippen molar-refractivity contribution in [2.45, 2.75) is 19.4 Å². The summed E-state index contributed by atoms with van der Waals surface area (Å²) < 4.78 is 0.624. The van der Waals surface area contributed by atoms with E-state index in [1.807, 2.05) is 6.92 Å². The van der Waals surface area contributed by atoms with Crippen LogP contribution in [0.5, 0.6) is 5.75 Å². The summed E-state index contributed by atoms with van der Waals surface area (Å²) in [5.74, 6) is -1.42. The third kappa shape index (κ3) is 2.30. The van der Waals surface area contributed by atoms with Gasteiger partial charge in [-0.1, -0.05) is 22.9 Å². The minimum atomic E-state index is -1.16. The second-order valence-electron chi connectivity index (χ2n) is 3.18. The minimum absolute atomic E-state index is 0.128. The van der Waals surface area contributed by atoms with Crippen LogP contribution in [-0.4, -0.2) is 16.2 Å². The van der Waals surface area contributed by atoms with Gasteiger partial charge in [0.1, 0.15) is 11.3 Å². The monoisotopic (exact) mass is 273 g/mol. The second kappa shape index (κ2) is 4.63. The van der Waals surface area contributed by atoms with Gasteiger partial charge in [0.2, 0.25) is 0 Å². The number of halogens is 1. The lowest BCUT2D eigenvalue weighted by atomic mass is 10.0. The maximum atomic E-state index is 10.8. The van der Waals surface area contributed by atoms with Crippen LogP contribution in [0.25, 0.3) is 0 Å². The Morgan fingerprint density at radius 2 is 2.20 bits per heavy atom. The summed E-state index contributed by atoms with van der Waals surface area (Å²) in [5, 5.41) is 18.6. The maximum absolute atomic E-state index is 10.8. The lowest BCUT2D eigenvalue weighted by Crippen LogP contribution is -2.11. The molecule has 0 aliphatic carbocycles. The topological polar surface area (TPSA) is 83.6 Å². The predicted molar refractivity (Wildman–Crippen MR) is 60.0 cm³/mol. The molecule has 5 heteroatoms. The Hall–Kier alpha value is -1.07. The number of aromatic carboxylic acids is 1. The van der Waals surface area contributed by atoms with Crippen molar-refractivity contribution in [3.63, 3.8) is 0 Å². The first kappa shape index (κ1) is 12.0. The van der Waals surface area contributed by atoms with Crippen molar-refractivity contribution >= 4 is 21.9 Å². The highest BCUT2D eigenvalue weighted by molar-refractivity contribution is 9.10. The fraction of sp³-hybridized carbons (Fsp3) is 0.300. The lowest BCUT2D eigenvalue weighted by molar-refractivity contribution is 0.0693. The van der Waals surface area contributed by atoms with E-state index in [0.29, 0.717) is 16.5 Å².